The van der Waals surface area contributed by atoms with Crippen molar-refractivity contribution in [3.63, 3.8) is 0 Å². The van der Waals surface area contributed by atoms with Crippen LogP contribution < -0.4 is 0 Å². The van der Waals surface area contributed by atoms with Crippen molar-refractivity contribution >= 4 is 30.1 Å². The van der Waals surface area contributed by atoms with Crippen molar-refractivity contribution in [1.29, 1.82) is 0 Å². The van der Waals surface area contributed by atoms with Crippen LogP contribution >= 0.6 is 30.1 Å². The summed E-state index contributed by atoms with van der Waals surface area (Å²) in [6, 6.07) is 0. The quantitative estimate of drug-likeness (QED) is 0.646. The molecule has 0 aromatic rings. The lowest BCUT2D eigenvalue weighted by atomic mass is 10.4. The molecule has 0 aromatic heterocycles. The van der Waals surface area contributed by atoms with E-state index in [4.69, 9.17) is 0 Å². The molecule has 0 radical (unpaired) electrons. The molecule has 3 heteroatoms. The van der Waals surface area contributed by atoms with E-state index in [-0.39, 0.29) is 0 Å². The second-order valence-corrected chi connectivity index (χ2v) is 4.63. The maximum Gasteiger partial charge on any atom is 0.0287 e. The van der Waals surface area contributed by atoms with Gasteiger partial charge in [-0.2, -0.15) is 0 Å². The minimum absolute atomic E-state index is 0.903. The van der Waals surface area contributed by atoms with Crippen LogP contribution in [0.2, 0.25) is 0 Å². The molecule has 1 fully saturated rings. The van der Waals surface area contributed by atoms with Crippen LogP contribution in [-0.4, -0.2) is 30.3 Å². The highest BCUT2D eigenvalue weighted by Crippen LogP contribution is 2.26. The predicted molar refractivity (Wildman–Crippen MR) is 47.5 cm³/mol. The molecular weight excluding hydrogens is 233 g/mol. The van der Waals surface area contributed by atoms with E-state index < -0.39 is 0 Å². The molecule has 1 aliphatic rings. The summed E-state index contributed by atoms with van der Waals surface area (Å²) in [5.74, 6) is 0. The van der Waals surface area contributed by atoms with E-state index in [1.807, 2.05) is 8.93 Å². The largest absolute Gasteiger partial charge is 0.305 e. The number of rotatable bonds is 1. The zero-order chi connectivity index (χ0) is 5.98. The van der Waals surface area contributed by atoms with E-state index >= 15 is 0 Å². The number of halogens is 1. The summed E-state index contributed by atoms with van der Waals surface area (Å²) >= 11 is 2.39. The van der Waals surface area contributed by atoms with Crippen LogP contribution in [0.25, 0.3) is 0 Å². The van der Waals surface area contributed by atoms with Crippen LogP contribution in [0.15, 0.2) is 0 Å². The fourth-order valence-electron chi connectivity index (χ4n) is 0.967. The number of likely N-dealkylation sites (tertiary alicyclic amines) is 1. The van der Waals surface area contributed by atoms with Gasteiger partial charge < -0.3 is 4.90 Å². The fraction of sp³-hybridized carbons (Fsp3) is 1.00. The van der Waals surface area contributed by atoms with Gasteiger partial charge in [0.15, 0.2) is 0 Å². The van der Waals surface area contributed by atoms with E-state index in [0.29, 0.717) is 0 Å². The summed E-state index contributed by atoms with van der Waals surface area (Å²) in [5.41, 5.74) is 0. The monoisotopic (exact) mass is 243 g/mol. The molecule has 48 valence electrons. The summed E-state index contributed by atoms with van der Waals surface area (Å²) in [4.78, 5) is 2.39. The Bertz CT molecular complexity index is 78.8. The number of hydrogen-bond acceptors (Lipinski definition) is 2. The molecule has 0 spiro atoms. The molecule has 1 heterocycles. The molecule has 0 N–H and O–H groups in total. The van der Waals surface area contributed by atoms with Crippen molar-refractivity contribution in [2.45, 2.75) is 11.7 Å². The van der Waals surface area contributed by atoms with Crippen LogP contribution in [0.3, 0.4) is 0 Å². The van der Waals surface area contributed by atoms with Crippen molar-refractivity contribution in [3.8, 4) is 0 Å². The highest BCUT2D eigenvalue weighted by atomic mass is 127. The minimum atomic E-state index is 0.903. The van der Waals surface area contributed by atoms with Gasteiger partial charge in [0.25, 0.3) is 0 Å². The van der Waals surface area contributed by atoms with Gasteiger partial charge in [-0.25, -0.2) is 0 Å². The summed E-state index contributed by atoms with van der Waals surface area (Å²) in [6.45, 7) is 2.58. The van der Waals surface area contributed by atoms with Crippen molar-refractivity contribution in [2.75, 3.05) is 20.1 Å². The normalized spacial score (nSPS) is 31.5. The van der Waals surface area contributed by atoms with Crippen molar-refractivity contribution in [3.05, 3.63) is 0 Å². The van der Waals surface area contributed by atoms with Gasteiger partial charge in [0.2, 0.25) is 0 Å². The van der Waals surface area contributed by atoms with E-state index in [0.717, 1.165) is 5.25 Å². The van der Waals surface area contributed by atoms with Crippen molar-refractivity contribution in [1.82, 2.24) is 4.90 Å². The first-order valence-corrected chi connectivity index (χ1v) is 6.21. The topological polar surface area (TPSA) is 3.24 Å². The average Bonchev–Trinajstić information content (AvgIpc) is 2.14. The molecule has 1 nitrogen and oxygen atoms in total. The maximum atomic E-state index is 2.39. The van der Waals surface area contributed by atoms with Crippen molar-refractivity contribution in [2.24, 2.45) is 0 Å². The lowest BCUT2D eigenvalue weighted by Gasteiger charge is -2.04. The Labute approximate surface area is 66.8 Å². The lowest BCUT2D eigenvalue weighted by molar-refractivity contribution is 0.419. The minimum Gasteiger partial charge on any atom is -0.305 e. The number of nitrogens with zero attached hydrogens (tertiary/aromatic N) is 1. The first-order chi connectivity index (χ1) is 3.83. The van der Waals surface area contributed by atoms with Crippen LogP contribution in [0.4, 0.5) is 0 Å². The van der Waals surface area contributed by atoms with Crippen LogP contribution in [0.1, 0.15) is 6.42 Å². The third kappa shape index (κ3) is 1.77. The molecule has 0 aliphatic carbocycles. The van der Waals surface area contributed by atoms with Crippen LogP contribution in [0.5, 0.6) is 0 Å². The Kier molecular flexibility index (Phi) is 2.92. The molecule has 1 atom stereocenters. The van der Waals surface area contributed by atoms with Gasteiger partial charge in [0.05, 0.1) is 0 Å². The SMILES string of the molecule is CN1CCC(SI)C1. The van der Waals surface area contributed by atoms with E-state index in [9.17, 15) is 0 Å². The molecule has 1 aliphatic heterocycles. The van der Waals surface area contributed by atoms with Crippen LogP contribution in [-0.2, 0) is 0 Å². The highest BCUT2D eigenvalue weighted by Gasteiger charge is 2.17. The average molecular weight is 243 g/mol. The summed E-state index contributed by atoms with van der Waals surface area (Å²) < 4.78 is 0. The molecule has 1 unspecified atom stereocenters. The fourth-order valence-corrected chi connectivity index (χ4v) is 2.72. The third-order valence-corrected chi connectivity index (χ3v) is 4.27. The summed E-state index contributed by atoms with van der Waals surface area (Å²) in [7, 11) is 4.15. The first-order valence-electron chi connectivity index (χ1n) is 2.79. The molecule has 8 heavy (non-hydrogen) atoms. The van der Waals surface area contributed by atoms with Gasteiger partial charge in [-0.15, -0.1) is 0 Å². The lowest BCUT2D eigenvalue weighted by Crippen LogP contribution is -2.14. The Morgan fingerprint density at radius 1 is 1.75 bits per heavy atom. The van der Waals surface area contributed by atoms with E-state index in [2.05, 4.69) is 33.2 Å². The molecule has 0 amide bonds. The third-order valence-electron chi connectivity index (χ3n) is 1.47. The van der Waals surface area contributed by atoms with Gasteiger partial charge in [-0.1, -0.05) is 8.93 Å². The Morgan fingerprint density at radius 2 is 2.50 bits per heavy atom. The first kappa shape index (κ1) is 7.15. The highest BCUT2D eigenvalue weighted by molar-refractivity contribution is 14.2. The number of hydrogen-bond donors (Lipinski definition) is 0. The van der Waals surface area contributed by atoms with E-state index in [1.165, 1.54) is 19.5 Å². The Hall–Kier alpha value is 1.04. The molecule has 0 bridgehead atoms. The summed E-state index contributed by atoms with van der Waals surface area (Å²) in [6.07, 6.45) is 1.38. The van der Waals surface area contributed by atoms with Gasteiger partial charge >= 0.3 is 0 Å². The predicted octanol–water partition coefficient (Wildman–Crippen LogP) is 1.77. The van der Waals surface area contributed by atoms with Crippen LogP contribution in [0, 0.1) is 0 Å². The molecule has 0 aromatic carbocycles. The Balaban J connectivity index is 2.22. The molecule has 0 saturated carbocycles. The second kappa shape index (κ2) is 3.27. The molecular formula is C5H10INS. The second-order valence-electron chi connectivity index (χ2n) is 2.26. The smallest absolute Gasteiger partial charge is 0.0287 e. The van der Waals surface area contributed by atoms with Gasteiger partial charge in [-0.05, 0) is 41.2 Å². The van der Waals surface area contributed by atoms with Gasteiger partial charge in [0, 0.05) is 11.8 Å². The molecule has 1 saturated heterocycles. The zero-order valence-electron chi connectivity index (χ0n) is 4.93. The van der Waals surface area contributed by atoms with E-state index in [1.54, 1.807) is 0 Å². The van der Waals surface area contributed by atoms with Crippen molar-refractivity contribution < 1.29 is 0 Å². The molecule has 1 rings (SSSR count). The Morgan fingerprint density at radius 3 is 2.75 bits per heavy atom. The summed E-state index contributed by atoms with van der Waals surface area (Å²) in [5, 5.41) is 0.903. The standard InChI is InChI=1S/C5H10INS/c1-7-3-2-5(4-7)8-6/h5H,2-4H2,1H3. The maximum absolute atomic E-state index is 2.39. The zero-order valence-corrected chi connectivity index (χ0v) is 7.91. The van der Waals surface area contributed by atoms with Gasteiger partial charge in [-0.3, -0.25) is 0 Å². The van der Waals surface area contributed by atoms with Gasteiger partial charge in [0.1, 0.15) is 0 Å².